The van der Waals surface area contributed by atoms with Crippen molar-refractivity contribution >= 4 is 11.6 Å². The SMILES string of the molecule is CN1Cc2ccccc2C[C@H]1CNC(=O)c1cccc(N2CCOCC2)c1. The normalized spacial score (nSPS) is 20.2. The number of rotatable bonds is 4. The Morgan fingerprint density at radius 3 is 2.70 bits per heavy atom. The van der Waals surface area contributed by atoms with Crippen LogP contribution in [0.15, 0.2) is 48.5 Å². The molecule has 2 aromatic rings. The molecule has 0 aliphatic carbocycles. The van der Waals surface area contributed by atoms with Crippen molar-refractivity contribution in [2.45, 2.75) is 19.0 Å². The molecule has 1 atom stereocenters. The zero-order chi connectivity index (χ0) is 18.6. The number of nitrogens with zero attached hydrogens (tertiary/aromatic N) is 2. The minimum Gasteiger partial charge on any atom is -0.378 e. The predicted molar refractivity (Wildman–Crippen MR) is 107 cm³/mol. The molecule has 1 amide bonds. The van der Waals surface area contributed by atoms with E-state index >= 15 is 0 Å². The molecule has 0 saturated carbocycles. The number of benzene rings is 2. The molecular weight excluding hydrogens is 338 g/mol. The molecule has 0 radical (unpaired) electrons. The topological polar surface area (TPSA) is 44.8 Å². The van der Waals surface area contributed by atoms with Crippen molar-refractivity contribution in [3.63, 3.8) is 0 Å². The molecule has 0 spiro atoms. The third-order valence-electron chi connectivity index (χ3n) is 5.60. The van der Waals surface area contributed by atoms with Gasteiger partial charge in [0.15, 0.2) is 0 Å². The summed E-state index contributed by atoms with van der Waals surface area (Å²) in [7, 11) is 2.13. The molecule has 0 unspecified atom stereocenters. The molecule has 1 fully saturated rings. The Balaban J connectivity index is 1.38. The number of amides is 1. The second-order valence-corrected chi connectivity index (χ2v) is 7.40. The van der Waals surface area contributed by atoms with Gasteiger partial charge in [0, 0.05) is 43.5 Å². The minimum absolute atomic E-state index is 0.00244. The molecule has 142 valence electrons. The fraction of sp³-hybridized carbons (Fsp3) is 0.409. The summed E-state index contributed by atoms with van der Waals surface area (Å²) in [6.07, 6.45) is 0.973. The molecule has 4 rings (SSSR count). The lowest BCUT2D eigenvalue weighted by Crippen LogP contribution is -2.45. The maximum absolute atomic E-state index is 12.7. The van der Waals surface area contributed by atoms with E-state index in [1.54, 1.807) is 0 Å². The zero-order valence-corrected chi connectivity index (χ0v) is 15.9. The third-order valence-corrected chi connectivity index (χ3v) is 5.60. The lowest BCUT2D eigenvalue weighted by atomic mass is 9.94. The Hall–Kier alpha value is -2.37. The summed E-state index contributed by atoms with van der Waals surface area (Å²) >= 11 is 0. The molecule has 1 N–H and O–H groups in total. The molecule has 5 heteroatoms. The molecule has 1 saturated heterocycles. The highest BCUT2D eigenvalue weighted by Gasteiger charge is 2.23. The van der Waals surface area contributed by atoms with Gasteiger partial charge in [0.1, 0.15) is 0 Å². The van der Waals surface area contributed by atoms with Crippen LogP contribution in [0.4, 0.5) is 5.69 Å². The summed E-state index contributed by atoms with van der Waals surface area (Å²) in [5.41, 5.74) is 4.59. The van der Waals surface area contributed by atoms with E-state index in [1.165, 1.54) is 11.1 Å². The van der Waals surface area contributed by atoms with Gasteiger partial charge in [-0.05, 0) is 42.8 Å². The Morgan fingerprint density at radius 2 is 1.89 bits per heavy atom. The molecule has 5 nitrogen and oxygen atoms in total. The Kier molecular flexibility index (Phi) is 5.41. The summed E-state index contributed by atoms with van der Waals surface area (Å²) < 4.78 is 5.41. The number of anilines is 1. The molecule has 0 bridgehead atoms. The van der Waals surface area contributed by atoms with Crippen LogP contribution in [-0.2, 0) is 17.7 Å². The smallest absolute Gasteiger partial charge is 0.251 e. The largest absolute Gasteiger partial charge is 0.378 e. The van der Waals surface area contributed by atoms with Gasteiger partial charge in [0.25, 0.3) is 5.91 Å². The van der Waals surface area contributed by atoms with Crippen molar-refractivity contribution in [3.05, 3.63) is 65.2 Å². The second kappa shape index (κ2) is 8.11. The van der Waals surface area contributed by atoms with E-state index in [9.17, 15) is 4.79 Å². The van der Waals surface area contributed by atoms with Gasteiger partial charge in [0.2, 0.25) is 0 Å². The van der Waals surface area contributed by atoms with E-state index in [2.05, 4.69) is 52.5 Å². The molecule has 2 heterocycles. The second-order valence-electron chi connectivity index (χ2n) is 7.40. The summed E-state index contributed by atoms with van der Waals surface area (Å²) in [5.74, 6) is -0.00244. The van der Waals surface area contributed by atoms with E-state index in [-0.39, 0.29) is 5.91 Å². The summed E-state index contributed by atoms with van der Waals surface area (Å²) in [4.78, 5) is 17.3. The van der Waals surface area contributed by atoms with Gasteiger partial charge < -0.3 is 15.0 Å². The monoisotopic (exact) mass is 365 g/mol. The van der Waals surface area contributed by atoms with E-state index in [0.29, 0.717) is 12.6 Å². The number of nitrogens with one attached hydrogen (secondary N) is 1. The quantitative estimate of drug-likeness (QED) is 0.903. The van der Waals surface area contributed by atoms with Gasteiger partial charge >= 0.3 is 0 Å². The summed E-state index contributed by atoms with van der Waals surface area (Å²) in [5, 5.41) is 3.14. The Morgan fingerprint density at radius 1 is 1.11 bits per heavy atom. The van der Waals surface area contributed by atoms with Gasteiger partial charge in [-0.25, -0.2) is 0 Å². The first-order valence-electron chi connectivity index (χ1n) is 9.69. The summed E-state index contributed by atoms with van der Waals surface area (Å²) in [6.45, 7) is 4.82. The van der Waals surface area contributed by atoms with Crippen molar-refractivity contribution in [3.8, 4) is 0 Å². The zero-order valence-electron chi connectivity index (χ0n) is 15.9. The molecule has 2 aliphatic rings. The van der Waals surface area contributed by atoms with Gasteiger partial charge in [-0.2, -0.15) is 0 Å². The number of carbonyl (C=O) groups excluding carboxylic acids is 1. The van der Waals surface area contributed by atoms with Gasteiger partial charge in [0.05, 0.1) is 13.2 Å². The molecule has 0 aromatic heterocycles. The number of ether oxygens (including phenoxy) is 1. The Labute approximate surface area is 160 Å². The number of morpholine rings is 1. The van der Waals surface area contributed by atoms with E-state index in [0.717, 1.165) is 50.5 Å². The maximum Gasteiger partial charge on any atom is 0.251 e. The lowest BCUT2D eigenvalue weighted by molar-refractivity contribution is 0.0934. The highest BCUT2D eigenvalue weighted by Crippen LogP contribution is 2.22. The first kappa shape index (κ1) is 18.0. The van der Waals surface area contributed by atoms with E-state index in [4.69, 9.17) is 4.74 Å². The molecule has 2 aromatic carbocycles. The maximum atomic E-state index is 12.7. The minimum atomic E-state index is -0.00244. The predicted octanol–water partition coefficient (Wildman–Crippen LogP) is 2.31. The fourth-order valence-corrected chi connectivity index (χ4v) is 3.92. The van der Waals surface area contributed by atoms with Crippen molar-refractivity contribution in [1.29, 1.82) is 0 Å². The average Bonchev–Trinajstić information content (AvgIpc) is 2.72. The van der Waals surface area contributed by atoms with Crippen LogP contribution in [-0.4, -0.2) is 56.7 Å². The van der Waals surface area contributed by atoms with Gasteiger partial charge in [-0.3, -0.25) is 9.69 Å². The van der Waals surface area contributed by atoms with Crippen LogP contribution < -0.4 is 10.2 Å². The van der Waals surface area contributed by atoms with Crippen LogP contribution in [0.5, 0.6) is 0 Å². The van der Waals surface area contributed by atoms with E-state index in [1.807, 2.05) is 18.2 Å². The average molecular weight is 365 g/mol. The van der Waals surface area contributed by atoms with Crippen LogP contribution in [0, 0.1) is 0 Å². The first-order valence-corrected chi connectivity index (χ1v) is 9.69. The van der Waals surface area contributed by atoms with E-state index < -0.39 is 0 Å². The number of fused-ring (bicyclic) bond motifs is 1. The molecule has 2 aliphatic heterocycles. The van der Waals surface area contributed by atoms with Crippen LogP contribution in [0.1, 0.15) is 21.5 Å². The lowest BCUT2D eigenvalue weighted by Gasteiger charge is -2.34. The molecular formula is C22H27N3O2. The number of hydrogen-bond acceptors (Lipinski definition) is 4. The Bertz CT molecular complexity index is 802. The molecule has 27 heavy (non-hydrogen) atoms. The van der Waals surface area contributed by atoms with Gasteiger partial charge in [-0.15, -0.1) is 0 Å². The fourth-order valence-electron chi connectivity index (χ4n) is 3.92. The highest BCUT2D eigenvalue weighted by atomic mass is 16.5. The highest BCUT2D eigenvalue weighted by molar-refractivity contribution is 5.95. The van der Waals surface area contributed by atoms with Crippen LogP contribution in [0.3, 0.4) is 0 Å². The number of hydrogen-bond donors (Lipinski definition) is 1. The first-order chi connectivity index (χ1) is 13.2. The van der Waals surface area contributed by atoms with Crippen molar-refractivity contribution in [1.82, 2.24) is 10.2 Å². The van der Waals surface area contributed by atoms with Crippen molar-refractivity contribution in [2.24, 2.45) is 0 Å². The standard InChI is InChI=1S/C22H27N3O2/c1-24-16-19-6-3-2-5-17(19)13-21(24)15-23-22(26)18-7-4-8-20(14-18)25-9-11-27-12-10-25/h2-8,14,21H,9-13,15-16H2,1H3,(H,23,26)/t21-/m0/s1. The number of likely N-dealkylation sites (N-methyl/N-ethyl adjacent to an activating group) is 1. The number of carbonyl (C=O) groups is 1. The van der Waals surface area contributed by atoms with Crippen molar-refractivity contribution < 1.29 is 9.53 Å². The summed E-state index contributed by atoms with van der Waals surface area (Å²) in [6, 6.07) is 16.8. The van der Waals surface area contributed by atoms with Gasteiger partial charge in [-0.1, -0.05) is 30.3 Å². The third kappa shape index (κ3) is 4.15. The van der Waals surface area contributed by atoms with Crippen LogP contribution in [0.25, 0.3) is 0 Å². The van der Waals surface area contributed by atoms with Crippen molar-refractivity contribution in [2.75, 3.05) is 44.8 Å². The van der Waals surface area contributed by atoms with Crippen LogP contribution in [0.2, 0.25) is 0 Å². The van der Waals surface area contributed by atoms with Crippen LogP contribution >= 0.6 is 0 Å².